The third-order valence-electron chi connectivity index (χ3n) is 4.91. The van der Waals surface area contributed by atoms with E-state index in [1.54, 1.807) is 23.2 Å². The topological polar surface area (TPSA) is 91.8 Å². The van der Waals surface area contributed by atoms with Crippen LogP contribution in [0.2, 0.25) is 0 Å². The molecule has 2 fully saturated rings. The number of aliphatic hydroxyl groups is 1. The number of nitrogens with one attached hydrogen (secondary N) is 1. The Labute approximate surface area is 151 Å². The number of morpholine rings is 1. The molecule has 2 N–H and O–H groups in total. The maximum absolute atomic E-state index is 12.4. The first-order chi connectivity index (χ1) is 12.5. The van der Waals surface area contributed by atoms with E-state index < -0.39 is 5.60 Å². The fourth-order valence-corrected chi connectivity index (χ4v) is 3.17. The lowest BCUT2D eigenvalue weighted by atomic mass is 10.1. The normalized spacial score (nSPS) is 21.4. The van der Waals surface area contributed by atoms with Gasteiger partial charge < -0.3 is 20.1 Å². The summed E-state index contributed by atoms with van der Waals surface area (Å²) < 4.78 is 5.65. The molecule has 2 heterocycles. The summed E-state index contributed by atoms with van der Waals surface area (Å²) in [7, 11) is 0. The van der Waals surface area contributed by atoms with Crippen molar-refractivity contribution in [2.45, 2.75) is 24.5 Å². The largest absolute Gasteiger partial charge is 0.380 e. The number of ether oxygens (including phenoxy) is 1. The number of carbonyl (C=O) groups excluding carboxylic acids is 2. The van der Waals surface area contributed by atoms with E-state index in [1.807, 2.05) is 18.2 Å². The van der Waals surface area contributed by atoms with Crippen molar-refractivity contribution in [3.05, 3.63) is 42.1 Å². The molecular formula is C19H21N3O4. The molecule has 0 bridgehead atoms. The van der Waals surface area contributed by atoms with Gasteiger partial charge >= 0.3 is 0 Å². The number of benzene rings is 1. The molecule has 1 saturated heterocycles. The lowest BCUT2D eigenvalue weighted by Crippen LogP contribution is -2.52. The number of fused-ring (bicyclic) bond motifs is 1. The van der Waals surface area contributed by atoms with Crippen LogP contribution in [0.4, 0.5) is 0 Å². The minimum absolute atomic E-state index is 0.203. The zero-order valence-corrected chi connectivity index (χ0v) is 14.4. The van der Waals surface area contributed by atoms with Gasteiger partial charge in [0, 0.05) is 36.8 Å². The van der Waals surface area contributed by atoms with Gasteiger partial charge in [0.1, 0.15) is 5.60 Å². The molecule has 1 aromatic carbocycles. The van der Waals surface area contributed by atoms with Crippen molar-refractivity contribution in [3.63, 3.8) is 0 Å². The van der Waals surface area contributed by atoms with Crippen LogP contribution in [0.3, 0.4) is 0 Å². The minimum atomic E-state index is -1.16. The summed E-state index contributed by atoms with van der Waals surface area (Å²) in [5.74, 6) is -0.428. The van der Waals surface area contributed by atoms with Crippen LogP contribution in [0.5, 0.6) is 0 Å². The van der Waals surface area contributed by atoms with Crippen LogP contribution in [0, 0.1) is 0 Å². The molecule has 1 unspecified atom stereocenters. The second-order valence-electron chi connectivity index (χ2n) is 6.90. The predicted molar refractivity (Wildman–Crippen MR) is 94.6 cm³/mol. The molecule has 7 nitrogen and oxygen atoms in total. The van der Waals surface area contributed by atoms with E-state index in [9.17, 15) is 14.7 Å². The smallest absolute Gasteiger partial charge is 0.254 e. The predicted octanol–water partition coefficient (Wildman–Crippen LogP) is 0.717. The van der Waals surface area contributed by atoms with E-state index in [1.165, 1.54) is 0 Å². The first-order valence-corrected chi connectivity index (χ1v) is 8.81. The lowest BCUT2D eigenvalue weighted by molar-refractivity contribution is -0.149. The molecule has 2 amide bonds. The van der Waals surface area contributed by atoms with Crippen molar-refractivity contribution in [2.75, 3.05) is 26.2 Å². The van der Waals surface area contributed by atoms with Crippen molar-refractivity contribution in [1.29, 1.82) is 0 Å². The standard InChI is InChI=1S/C19H21N3O4/c23-17(14-4-3-13-2-1-7-20-16(13)10-14)21-11-15-12-22(8-9-26-15)18(24)19(25)5-6-19/h1-4,7,10,15,25H,5-6,8-9,11-12H2,(H,21,23). The van der Waals surface area contributed by atoms with Crippen molar-refractivity contribution in [1.82, 2.24) is 15.2 Å². The Morgan fingerprint density at radius 3 is 3.00 bits per heavy atom. The number of amides is 2. The number of hydrogen-bond donors (Lipinski definition) is 2. The van der Waals surface area contributed by atoms with Gasteiger partial charge in [0.15, 0.2) is 0 Å². The summed E-state index contributed by atoms with van der Waals surface area (Å²) in [5, 5.41) is 13.8. The van der Waals surface area contributed by atoms with Crippen molar-refractivity contribution < 1.29 is 19.4 Å². The van der Waals surface area contributed by atoms with Crippen LogP contribution in [-0.4, -0.2) is 64.8 Å². The van der Waals surface area contributed by atoms with E-state index in [2.05, 4.69) is 10.3 Å². The number of hydrogen-bond acceptors (Lipinski definition) is 5. The average Bonchev–Trinajstić information content (AvgIpc) is 3.44. The summed E-state index contributed by atoms with van der Waals surface area (Å²) in [5.41, 5.74) is 0.138. The molecule has 7 heteroatoms. The highest BCUT2D eigenvalue weighted by molar-refractivity contribution is 5.97. The SMILES string of the molecule is O=C(NCC1CN(C(=O)C2(O)CC2)CCO1)c1ccc2cccnc2c1. The fourth-order valence-electron chi connectivity index (χ4n) is 3.17. The molecule has 1 aromatic heterocycles. The zero-order chi connectivity index (χ0) is 18.1. The van der Waals surface area contributed by atoms with Crippen LogP contribution < -0.4 is 5.32 Å². The summed E-state index contributed by atoms with van der Waals surface area (Å²) >= 11 is 0. The number of aromatic nitrogens is 1. The molecular weight excluding hydrogens is 334 g/mol. The van der Waals surface area contributed by atoms with Gasteiger partial charge in [0.2, 0.25) is 0 Å². The van der Waals surface area contributed by atoms with Gasteiger partial charge in [0.05, 0.1) is 18.2 Å². The van der Waals surface area contributed by atoms with Gasteiger partial charge in [-0.15, -0.1) is 0 Å². The van der Waals surface area contributed by atoms with Crippen molar-refractivity contribution in [2.24, 2.45) is 0 Å². The van der Waals surface area contributed by atoms with Crippen molar-refractivity contribution >= 4 is 22.7 Å². The molecule has 26 heavy (non-hydrogen) atoms. The maximum atomic E-state index is 12.4. The summed E-state index contributed by atoms with van der Waals surface area (Å²) in [6.07, 6.45) is 2.47. The highest BCUT2D eigenvalue weighted by Gasteiger charge is 2.50. The molecule has 0 radical (unpaired) electrons. The number of nitrogens with zero attached hydrogens (tertiary/aromatic N) is 2. The Hall–Kier alpha value is -2.51. The zero-order valence-electron chi connectivity index (χ0n) is 14.4. The van der Waals surface area contributed by atoms with Gasteiger partial charge in [0.25, 0.3) is 11.8 Å². The summed E-state index contributed by atoms with van der Waals surface area (Å²) in [4.78, 5) is 30.5. The van der Waals surface area contributed by atoms with E-state index in [-0.39, 0.29) is 17.9 Å². The van der Waals surface area contributed by atoms with Gasteiger partial charge in [-0.1, -0.05) is 12.1 Å². The highest BCUT2D eigenvalue weighted by Crippen LogP contribution is 2.37. The van der Waals surface area contributed by atoms with Gasteiger partial charge in [-0.05, 0) is 31.0 Å². The van der Waals surface area contributed by atoms with Crippen LogP contribution in [0.25, 0.3) is 10.9 Å². The van der Waals surface area contributed by atoms with Gasteiger partial charge in [-0.25, -0.2) is 0 Å². The van der Waals surface area contributed by atoms with E-state index in [0.29, 0.717) is 44.6 Å². The van der Waals surface area contributed by atoms with Crippen LogP contribution >= 0.6 is 0 Å². The second kappa shape index (κ2) is 6.66. The third-order valence-corrected chi connectivity index (χ3v) is 4.91. The Balaban J connectivity index is 1.35. The molecule has 1 aliphatic heterocycles. The molecule has 0 spiro atoms. The Morgan fingerprint density at radius 1 is 1.35 bits per heavy atom. The van der Waals surface area contributed by atoms with E-state index in [0.717, 1.165) is 10.9 Å². The minimum Gasteiger partial charge on any atom is -0.380 e. The maximum Gasteiger partial charge on any atom is 0.254 e. The molecule has 1 aliphatic carbocycles. The molecule has 1 atom stereocenters. The Morgan fingerprint density at radius 2 is 2.19 bits per heavy atom. The molecule has 136 valence electrons. The van der Waals surface area contributed by atoms with Crippen LogP contribution in [0.1, 0.15) is 23.2 Å². The molecule has 2 aliphatic rings. The number of carbonyl (C=O) groups is 2. The monoisotopic (exact) mass is 355 g/mol. The average molecular weight is 355 g/mol. The number of pyridine rings is 1. The fraction of sp³-hybridized carbons (Fsp3) is 0.421. The van der Waals surface area contributed by atoms with Gasteiger partial charge in [-0.3, -0.25) is 14.6 Å². The van der Waals surface area contributed by atoms with Crippen LogP contribution in [-0.2, 0) is 9.53 Å². The third kappa shape index (κ3) is 3.40. The van der Waals surface area contributed by atoms with E-state index in [4.69, 9.17) is 4.74 Å². The molecule has 1 saturated carbocycles. The number of rotatable bonds is 4. The molecule has 4 rings (SSSR count). The highest BCUT2D eigenvalue weighted by atomic mass is 16.5. The first kappa shape index (κ1) is 16.9. The first-order valence-electron chi connectivity index (χ1n) is 8.81. The Kier molecular flexibility index (Phi) is 4.34. The van der Waals surface area contributed by atoms with Gasteiger partial charge in [-0.2, -0.15) is 0 Å². The second-order valence-corrected chi connectivity index (χ2v) is 6.90. The lowest BCUT2D eigenvalue weighted by Gasteiger charge is -2.34. The van der Waals surface area contributed by atoms with Crippen molar-refractivity contribution in [3.8, 4) is 0 Å². The Bertz CT molecular complexity index is 850. The summed E-state index contributed by atoms with van der Waals surface area (Å²) in [6, 6.07) is 9.18. The quantitative estimate of drug-likeness (QED) is 0.843. The van der Waals surface area contributed by atoms with E-state index >= 15 is 0 Å². The molecule has 2 aromatic rings. The summed E-state index contributed by atoms with van der Waals surface area (Å²) in [6.45, 7) is 1.56. The van der Waals surface area contributed by atoms with Crippen LogP contribution in [0.15, 0.2) is 36.5 Å².